The van der Waals surface area contributed by atoms with Crippen molar-refractivity contribution in [2.75, 3.05) is 20.0 Å². The molecule has 9 nitrogen and oxygen atoms in total. The summed E-state index contributed by atoms with van der Waals surface area (Å²) in [5.74, 6) is -1.84. The van der Waals surface area contributed by atoms with E-state index in [0.717, 1.165) is 17.6 Å². The van der Waals surface area contributed by atoms with Gasteiger partial charge in [0.2, 0.25) is 0 Å². The van der Waals surface area contributed by atoms with Crippen molar-refractivity contribution in [1.82, 2.24) is 4.57 Å². The third-order valence-electron chi connectivity index (χ3n) is 4.42. The summed E-state index contributed by atoms with van der Waals surface area (Å²) in [6, 6.07) is 10.5. The number of benzene rings is 2. The molecule has 0 saturated heterocycles. The van der Waals surface area contributed by atoms with Gasteiger partial charge in [-0.2, -0.15) is 4.99 Å². The fraction of sp³-hybridized carbons (Fsp3) is 0.238. The lowest BCUT2D eigenvalue weighted by Crippen LogP contribution is -2.22. The van der Waals surface area contributed by atoms with Crippen LogP contribution in [0.15, 0.2) is 52.4 Å². The molecule has 0 N–H and O–H groups in total. The van der Waals surface area contributed by atoms with Crippen LogP contribution in [0.5, 0.6) is 0 Å². The minimum atomic E-state index is -3.66. The topological polar surface area (TPSA) is 121 Å². The van der Waals surface area contributed by atoms with Gasteiger partial charge < -0.3 is 14.0 Å². The largest absolute Gasteiger partial charge is 0.468 e. The van der Waals surface area contributed by atoms with Gasteiger partial charge >= 0.3 is 11.9 Å². The zero-order valence-electron chi connectivity index (χ0n) is 17.5. The number of ether oxygens (including phenoxy) is 2. The molecule has 0 spiro atoms. The van der Waals surface area contributed by atoms with Crippen LogP contribution in [0.1, 0.15) is 27.6 Å². The molecule has 1 aromatic heterocycles. The monoisotopic (exact) mass is 476 g/mol. The first kappa shape index (κ1) is 23.4. The van der Waals surface area contributed by atoms with E-state index in [1.165, 1.54) is 35.9 Å². The standard InChI is InChI=1S/C21H20N2O7S2/c1-4-30-20(26)13-9-10-15-16(11-13)31-21(23(15)12-18(24)29-2)22-19(25)14-7-5-6-8-17(14)32(3,27)28/h5-11H,4,12H2,1-3H3. The van der Waals surface area contributed by atoms with Crippen molar-refractivity contribution in [2.45, 2.75) is 18.4 Å². The van der Waals surface area contributed by atoms with Gasteiger partial charge in [0.25, 0.3) is 5.91 Å². The molecule has 0 atom stereocenters. The van der Waals surface area contributed by atoms with Gasteiger partial charge in [-0.1, -0.05) is 23.5 Å². The van der Waals surface area contributed by atoms with Gasteiger partial charge in [-0.3, -0.25) is 9.59 Å². The summed E-state index contributed by atoms with van der Waals surface area (Å²) in [5, 5.41) is 0. The Morgan fingerprint density at radius 1 is 1.12 bits per heavy atom. The lowest BCUT2D eigenvalue weighted by atomic mass is 10.2. The van der Waals surface area contributed by atoms with E-state index in [-0.39, 0.29) is 28.4 Å². The van der Waals surface area contributed by atoms with Gasteiger partial charge in [-0.15, -0.1) is 0 Å². The number of sulfone groups is 1. The second kappa shape index (κ2) is 9.45. The Bertz CT molecular complexity index is 1380. The molecule has 3 rings (SSSR count). The Kier molecular flexibility index (Phi) is 6.90. The average Bonchev–Trinajstić information content (AvgIpc) is 3.09. The first-order chi connectivity index (χ1) is 15.2. The maximum Gasteiger partial charge on any atom is 0.338 e. The molecule has 0 fully saturated rings. The number of nitrogens with zero attached hydrogens (tertiary/aromatic N) is 2. The number of carbonyl (C=O) groups excluding carboxylic acids is 3. The predicted molar refractivity (Wildman–Crippen MR) is 117 cm³/mol. The summed E-state index contributed by atoms with van der Waals surface area (Å²) in [7, 11) is -2.42. The summed E-state index contributed by atoms with van der Waals surface area (Å²) in [6.07, 6.45) is 1.01. The molecule has 0 aliphatic carbocycles. The predicted octanol–water partition coefficient (Wildman–Crippen LogP) is 2.20. The van der Waals surface area contributed by atoms with Crippen molar-refractivity contribution in [3.05, 3.63) is 58.4 Å². The molecule has 1 amide bonds. The molecule has 32 heavy (non-hydrogen) atoms. The Labute approximate surface area is 187 Å². The maximum atomic E-state index is 12.9. The smallest absolute Gasteiger partial charge is 0.338 e. The van der Waals surface area contributed by atoms with E-state index in [1.807, 2.05) is 0 Å². The molecule has 0 radical (unpaired) electrons. The van der Waals surface area contributed by atoms with E-state index in [4.69, 9.17) is 9.47 Å². The first-order valence-electron chi connectivity index (χ1n) is 9.41. The highest BCUT2D eigenvalue weighted by Gasteiger charge is 2.19. The zero-order chi connectivity index (χ0) is 23.5. The van der Waals surface area contributed by atoms with Crippen LogP contribution in [0.4, 0.5) is 0 Å². The molecule has 0 bridgehead atoms. The summed E-state index contributed by atoms with van der Waals surface area (Å²) in [4.78, 5) is 41.0. The fourth-order valence-corrected chi connectivity index (χ4v) is 4.91. The number of rotatable bonds is 6. The molecule has 0 aliphatic heterocycles. The Morgan fingerprint density at radius 3 is 2.50 bits per heavy atom. The Balaban J connectivity index is 2.19. The number of hydrogen-bond donors (Lipinski definition) is 0. The minimum Gasteiger partial charge on any atom is -0.468 e. The van der Waals surface area contributed by atoms with E-state index in [1.54, 1.807) is 25.1 Å². The van der Waals surface area contributed by atoms with Gasteiger partial charge in [0.1, 0.15) is 6.54 Å². The van der Waals surface area contributed by atoms with Crippen molar-refractivity contribution in [3.63, 3.8) is 0 Å². The molecular formula is C21H20N2O7S2. The summed E-state index contributed by atoms with van der Waals surface area (Å²) >= 11 is 1.07. The lowest BCUT2D eigenvalue weighted by Gasteiger charge is -2.06. The molecule has 1 heterocycles. The second-order valence-corrected chi connectivity index (χ2v) is 9.63. The number of amides is 1. The molecule has 168 valence electrons. The van der Waals surface area contributed by atoms with E-state index >= 15 is 0 Å². The van der Waals surface area contributed by atoms with E-state index in [9.17, 15) is 22.8 Å². The second-order valence-electron chi connectivity index (χ2n) is 6.64. The van der Waals surface area contributed by atoms with Gasteiger partial charge in [0, 0.05) is 6.26 Å². The highest BCUT2D eigenvalue weighted by Crippen LogP contribution is 2.21. The number of esters is 2. The van der Waals surface area contributed by atoms with E-state index < -0.39 is 27.7 Å². The SMILES string of the molecule is CCOC(=O)c1ccc2c(c1)sc(=NC(=O)c1ccccc1S(C)(=O)=O)n2CC(=O)OC. The minimum absolute atomic E-state index is 0.0794. The Morgan fingerprint density at radius 2 is 1.84 bits per heavy atom. The molecule has 0 unspecified atom stereocenters. The third kappa shape index (κ3) is 4.94. The van der Waals surface area contributed by atoms with E-state index in [2.05, 4.69) is 4.99 Å². The first-order valence-corrected chi connectivity index (χ1v) is 12.1. The number of thiazole rings is 1. The van der Waals surface area contributed by atoms with Crippen LogP contribution < -0.4 is 4.80 Å². The Hall–Kier alpha value is -3.31. The lowest BCUT2D eigenvalue weighted by molar-refractivity contribution is -0.141. The van der Waals surface area contributed by atoms with E-state index in [0.29, 0.717) is 15.8 Å². The van der Waals surface area contributed by atoms with Crippen LogP contribution in [0.2, 0.25) is 0 Å². The van der Waals surface area contributed by atoms with Gasteiger partial charge in [0.05, 0.1) is 40.0 Å². The maximum absolute atomic E-state index is 12.9. The summed E-state index contributed by atoms with van der Waals surface area (Å²) < 4.78 is 35.9. The zero-order valence-corrected chi connectivity index (χ0v) is 19.2. The van der Waals surface area contributed by atoms with Crippen LogP contribution in [-0.4, -0.2) is 50.8 Å². The molecule has 2 aromatic carbocycles. The van der Waals surface area contributed by atoms with Crippen molar-refractivity contribution in [2.24, 2.45) is 4.99 Å². The average molecular weight is 477 g/mol. The van der Waals surface area contributed by atoms with Crippen molar-refractivity contribution < 1.29 is 32.3 Å². The van der Waals surface area contributed by atoms with Gasteiger partial charge in [-0.05, 0) is 37.3 Å². The molecule has 11 heteroatoms. The highest BCUT2D eigenvalue weighted by molar-refractivity contribution is 7.90. The number of hydrogen-bond acceptors (Lipinski definition) is 8. The van der Waals surface area contributed by atoms with Crippen LogP contribution >= 0.6 is 11.3 Å². The highest BCUT2D eigenvalue weighted by atomic mass is 32.2. The summed E-state index contributed by atoms with van der Waals surface area (Å²) in [5.41, 5.74) is 0.784. The van der Waals surface area contributed by atoms with Gasteiger partial charge in [-0.25, -0.2) is 13.2 Å². The number of carbonyl (C=O) groups is 3. The number of aromatic nitrogens is 1. The summed E-state index contributed by atoms with van der Waals surface area (Å²) in [6.45, 7) is 1.69. The molecule has 0 aliphatic rings. The van der Waals surface area contributed by atoms with Crippen LogP contribution in [0, 0.1) is 0 Å². The van der Waals surface area contributed by atoms with Crippen LogP contribution in [0.25, 0.3) is 10.2 Å². The van der Waals surface area contributed by atoms with Crippen molar-refractivity contribution in [1.29, 1.82) is 0 Å². The molecular weight excluding hydrogens is 456 g/mol. The normalized spacial score (nSPS) is 12.0. The van der Waals surface area contributed by atoms with Crippen molar-refractivity contribution >= 4 is 49.2 Å². The number of fused-ring (bicyclic) bond motifs is 1. The molecule has 3 aromatic rings. The third-order valence-corrected chi connectivity index (χ3v) is 6.62. The van der Waals surface area contributed by atoms with Crippen LogP contribution in [0.3, 0.4) is 0 Å². The quantitative estimate of drug-likeness (QED) is 0.500. The fourth-order valence-electron chi connectivity index (χ4n) is 2.96. The number of methoxy groups -OCH3 is 1. The van der Waals surface area contributed by atoms with Gasteiger partial charge in [0.15, 0.2) is 14.6 Å². The van der Waals surface area contributed by atoms with Crippen LogP contribution in [-0.2, 0) is 30.7 Å². The van der Waals surface area contributed by atoms with Crippen molar-refractivity contribution in [3.8, 4) is 0 Å². The molecule has 0 saturated carbocycles.